The van der Waals surface area contributed by atoms with Gasteiger partial charge in [-0.2, -0.15) is 0 Å². The van der Waals surface area contributed by atoms with E-state index in [4.69, 9.17) is 0 Å². The molecule has 0 spiro atoms. The van der Waals surface area contributed by atoms with Gasteiger partial charge in [0.05, 0.1) is 0 Å². The summed E-state index contributed by atoms with van der Waals surface area (Å²) in [4.78, 5) is 22.9. The number of carbonyl (C=O) groups is 1. The second-order valence-electron chi connectivity index (χ2n) is 3.66. The third-order valence-electron chi connectivity index (χ3n) is 2.38. The average molecular weight is 248 g/mol. The zero-order valence-electron chi connectivity index (χ0n) is 9.34. The molecule has 0 saturated carbocycles. The lowest BCUT2D eigenvalue weighted by molar-refractivity contribution is -0.116. The van der Waals surface area contributed by atoms with Crippen molar-refractivity contribution in [3.8, 4) is 0 Å². The summed E-state index contributed by atoms with van der Waals surface area (Å²) >= 11 is 1.08. The van der Waals surface area contributed by atoms with Gasteiger partial charge in [-0.1, -0.05) is 29.5 Å². The fraction of sp³-hybridized carbons (Fsp3) is 0.167. The third kappa shape index (κ3) is 2.82. The number of rotatable bonds is 3. The van der Waals surface area contributed by atoms with E-state index in [0.29, 0.717) is 0 Å². The number of hydrogen-bond donors (Lipinski definition) is 1. The fourth-order valence-electron chi connectivity index (χ4n) is 1.47. The molecule has 0 aliphatic rings. The molecular weight excluding hydrogens is 236 g/mol. The second kappa shape index (κ2) is 4.97. The van der Waals surface area contributed by atoms with E-state index in [0.717, 1.165) is 22.6 Å². The number of thiazole rings is 1. The summed E-state index contributed by atoms with van der Waals surface area (Å²) in [6.07, 6.45) is 1.62. The number of aromatic nitrogens is 1. The molecule has 2 rings (SSSR count). The Hall–Kier alpha value is -1.88. The first kappa shape index (κ1) is 11.6. The molecule has 0 unspecified atom stereocenters. The Labute approximate surface area is 103 Å². The molecule has 0 saturated heterocycles. The smallest absolute Gasteiger partial charge is 0.307 e. The lowest BCUT2D eigenvalue weighted by Gasteiger charge is -2.07. The van der Waals surface area contributed by atoms with Gasteiger partial charge in [-0.05, 0) is 18.6 Å². The number of nitrogens with one attached hydrogen (secondary N) is 1. The van der Waals surface area contributed by atoms with E-state index < -0.39 is 0 Å². The molecule has 1 heterocycles. The lowest BCUT2D eigenvalue weighted by atomic mass is 10.2. The molecule has 0 atom stereocenters. The summed E-state index contributed by atoms with van der Waals surface area (Å²) < 4.78 is 1.39. The minimum atomic E-state index is -0.195. The van der Waals surface area contributed by atoms with Crippen LogP contribution in [0.5, 0.6) is 0 Å². The van der Waals surface area contributed by atoms with E-state index in [-0.39, 0.29) is 17.3 Å². The molecule has 5 heteroatoms. The molecule has 0 aliphatic heterocycles. The average Bonchev–Trinajstić information content (AvgIpc) is 2.68. The Morgan fingerprint density at radius 1 is 1.41 bits per heavy atom. The van der Waals surface area contributed by atoms with E-state index in [9.17, 15) is 9.59 Å². The summed E-state index contributed by atoms with van der Waals surface area (Å²) in [5.41, 5.74) is 1.78. The molecule has 2 aromatic rings. The Bertz CT molecular complexity index is 586. The highest BCUT2D eigenvalue weighted by molar-refractivity contribution is 7.07. The van der Waals surface area contributed by atoms with E-state index in [1.54, 1.807) is 11.6 Å². The Morgan fingerprint density at radius 2 is 2.18 bits per heavy atom. The van der Waals surface area contributed by atoms with E-state index in [1.807, 2.05) is 31.2 Å². The molecule has 0 radical (unpaired) electrons. The van der Waals surface area contributed by atoms with Crippen LogP contribution in [0, 0.1) is 6.92 Å². The molecule has 1 amide bonds. The quantitative estimate of drug-likeness (QED) is 0.901. The number of para-hydroxylation sites is 1. The number of anilines is 1. The molecule has 0 aliphatic carbocycles. The van der Waals surface area contributed by atoms with Crippen LogP contribution in [0.25, 0.3) is 0 Å². The topological polar surface area (TPSA) is 51.1 Å². The van der Waals surface area contributed by atoms with Gasteiger partial charge in [0.25, 0.3) is 0 Å². The largest absolute Gasteiger partial charge is 0.324 e. The van der Waals surface area contributed by atoms with E-state index >= 15 is 0 Å². The van der Waals surface area contributed by atoms with Crippen molar-refractivity contribution < 1.29 is 4.79 Å². The van der Waals surface area contributed by atoms with Gasteiger partial charge in [0, 0.05) is 17.3 Å². The van der Waals surface area contributed by atoms with Gasteiger partial charge < -0.3 is 5.32 Å². The Morgan fingerprint density at radius 3 is 2.82 bits per heavy atom. The maximum atomic E-state index is 11.7. The van der Waals surface area contributed by atoms with Crippen LogP contribution in [0.1, 0.15) is 5.56 Å². The molecule has 88 valence electrons. The van der Waals surface area contributed by atoms with E-state index in [1.165, 1.54) is 4.57 Å². The molecule has 1 aromatic carbocycles. The molecule has 0 fully saturated rings. The van der Waals surface area contributed by atoms with Gasteiger partial charge in [-0.3, -0.25) is 14.2 Å². The molecule has 17 heavy (non-hydrogen) atoms. The first-order valence-electron chi connectivity index (χ1n) is 5.16. The highest BCUT2D eigenvalue weighted by Crippen LogP contribution is 2.12. The number of carbonyl (C=O) groups excluding carboxylic acids is 1. The van der Waals surface area contributed by atoms with Crippen molar-refractivity contribution in [1.29, 1.82) is 0 Å². The van der Waals surface area contributed by atoms with Gasteiger partial charge in [0.1, 0.15) is 6.54 Å². The molecule has 4 nitrogen and oxygen atoms in total. The zero-order chi connectivity index (χ0) is 12.3. The standard InChI is InChI=1S/C12H12N2O2S/c1-9-4-2-3-5-10(9)13-11(15)8-14-6-7-17-12(14)16/h2-7H,8H2,1H3,(H,13,15). The summed E-state index contributed by atoms with van der Waals surface area (Å²) in [7, 11) is 0. The van der Waals surface area contributed by atoms with Crippen LogP contribution in [0.2, 0.25) is 0 Å². The van der Waals surface area contributed by atoms with Gasteiger partial charge in [-0.25, -0.2) is 0 Å². The van der Waals surface area contributed by atoms with Crippen LogP contribution in [-0.4, -0.2) is 10.5 Å². The van der Waals surface area contributed by atoms with Gasteiger partial charge in [-0.15, -0.1) is 0 Å². The lowest BCUT2D eigenvalue weighted by Crippen LogP contribution is -2.23. The highest BCUT2D eigenvalue weighted by atomic mass is 32.1. The van der Waals surface area contributed by atoms with E-state index in [2.05, 4.69) is 5.32 Å². The number of benzene rings is 1. The van der Waals surface area contributed by atoms with Crippen molar-refractivity contribution in [1.82, 2.24) is 4.57 Å². The summed E-state index contributed by atoms with van der Waals surface area (Å²) in [6.45, 7) is 1.98. The van der Waals surface area contributed by atoms with Crippen molar-refractivity contribution in [2.45, 2.75) is 13.5 Å². The zero-order valence-corrected chi connectivity index (χ0v) is 10.2. The SMILES string of the molecule is Cc1ccccc1NC(=O)Cn1ccsc1=O. The van der Waals surface area contributed by atoms with Crippen molar-refractivity contribution in [2.24, 2.45) is 0 Å². The minimum Gasteiger partial charge on any atom is -0.324 e. The van der Waals surface area contributed by atoms with Crippen LogP contribution >= 0.6 is 11.3 Å². The van der Waals surface area contributed by atoms with Crippen LogP contribution in [0.3, 0.4) is 0 Å². The first-order valence-corrected chi connectivity index (χ1v) is 6.04. The molecular formula is C12H12N2O2S. The summed E-state index contributed by atoms with van der Waals surface area (Å²) in [5.74, 6) is -0.195. The highest BCUT2D eigenvalue weighted by Gasteiger charge is 2.06. The van der Waals surface area contributed by atoms with Crippen molar-refractivity contribution in [3.05, 3.63) is 51.1 Å². The Kier molecular flexibility index (Phi) is 3.39. The maximum absolute atomic E-state index is 11.7. The van der Waals surface area contributed by atoms with Crippen LogP contribution in [-0.2, 0) is 11.3 Å². The number of amides is 1. The molecule has 0 bridgehead atoms. The molecule has 1 aromatic heterocycles. The monoisotopic (exact) mass is 248 g/mol. The second-order valence-corrected chi connectivity index (χ2v) is 4.52. The van der Waals surface area contributed by atoms with Crippen LogP contribution in [0.15, 0.2) is 40.6 Å². The number of hydrogen-bond acceptors (Lipinski definition) is 3. The van der Waals surface area contributed by atoms with Crippen molar-refractivity contribution in [3.63, 3.8) is 0 Å². The normalized spacial score (nSPS) is 10.2. The van der Waals surface area contributed by atoms with Crippen LogP contribution in [0.4, 0.5) is 5.69 Å². The third-order valence-corrected chi connectivity index (χ3v) is 3.07. The number of nitrogens with zero attached hydrogens (tertiary/aromatic N) is 1. The van der Waals surface area contributed by atoms with Gasteiger partial charge in [0.15, 0.2) is 0 Å². The number of aryl methyl sites for hydroxylation is 1. The van der Waals surface area contributed by atoms with Crippen molar-refractivity contribution in [2.75, 3.05) is 5.32 Å². The summed E-state index contributed by atoms with van der Waals surface area (Å²) in [5, 5.41) is 4.45. The predicted octanol–water partition coefficient (Wildman–Crippen LogP) is 1.86. The van der Waals surface area contributed by atoms with Gasteiger partial charge in [0.2, 0.25) is 5.91 Å². The minimum absolute atomic E-state index is 0.0522. The summed E-state index contributed by atoms with van der Waals surface area (Å²) in [6, 6.07) is 7.53. The van der Waals surface area contributed by atoms with Gasteiger partial charge >= 0.3 is 4.87 Å². The Balaban J connectivity index is 2.06. The van der Waals surface area contributed by atoms with Crippen molar-refractivity contribution >= 4 is 22.9 Å². The molecule has 1 N–H and O–H groups in total. The fourth-order valence-corrected chi connectivity index (χ4v) is 2.05. The predicted molar refractivity (Wildman–Crippen MR) is 68.4 cm³/mol. The van der Waals surface area contributed by atoms with Crippen LogP contribution < -0.4 is 10.2 Å². The first-order chi connectivity index (χ1) is 8.16. The maximum Gasteiger partial charge on any atom is 0.307 e.